The van der Waals surface area contributed by atoms with Crippen molar-refractivity contribution in [2.24, 2.45) is 7.05 Å². The summed E-state index contributed by atoms with van der Waals surface area (Å²) >= 11 is 0. The summed E-state index contributed by atoms with van der Waals surface area (Å²) in [6.45, 7) is 3.88. The van der Waals surface area contributed by atoms with E-state index in [-0.39, 0.29) is 5.57 Å². The summed E-state index contributed by atoms with van der Waals surface area (Å²) in [5.74, 6) is -0.398. The molecule has 0 aliphatic rings. The quantitative estimate of drug-likeness (QED) is 0.693. The highest BCUT2D eigenvalue weighted by Crippen LogP contribution is 2.16. The lowest BCUT2D eigenvalue weighted by molar-refractivity contribution is -0.112. The second-order valence-electron chi connectivity index (χ2n) is 4.90. The van der Waals surface area contributed by atoms with Gasteiger partial charge < -0.3 is 9.88 Å². The van der Waals surface area contributed by atoms with Gasteiger partial charge in [-0.2, -0.15) is 5.26 Å². The van der Waals surface area contributed by atoms with Crippen molar-refractivity contribution in [3.63, 3.8) is 0 Å². The number of aryl methyl sites for hydroxylation is 2. The zero-order valence-electron chi connectivity index (χ0n) is 12.3. The van der Waals surface area contributed by atoms with Gasteiger partial charge >= 0.3 is 0 Å². The maximum absolute atomic E-state index is 12.2. The van der Waals surface area contributed by atoms with Gasteiger partial charge in [0.15, 0.2) is 0 Å². The molecule has 0 unspecified atom stereocenters. The summed E-state index contributed by atoms with van der Waals surface area (Å²) in [7, 11) is 1.90. The van der Waals surface area contributed by atoms with Gasteiger partial charge in [0.25, 0.3) is 5.91 Å². The van der Waals surface area contributed by atoms with Gasteiger partial charge in [-0.25, -0.2) is 0 Å². The Hall–Kier alpha value is -2.80. The molecule has 2 rings (SSSR count). The number of carbonyl (C=O) groups excluding carboxylic acids is 1. The highest BCUT2D eigenvalue weighted by molar-refractivity contribution is 6.09. The van der Waals surface area contributed by atoms with E-state index in [1.165, 1.54) is 0 Å². The summed E-state index contributed by atoms with van der Waals surface area (Å²) in [6, 6.07) is 13.3. The van der Waals surface area contributed by atoms with Crippen LogP contribution in [0.1, 0.15) is 17.0 Å². The van der Waals surface area contributed by atoms with Crippen LogP contribution >= 0.6 is 0 Å². The molecule has 1 amide bonds. The lowest BCUT2D eigenvalue weighted by atomic mass is 10.1. The standard InChI is InChI=1S/C17H17N3O/c1-12-6-4-5-7-16(12)19-17(21)14(11-18)10-15-9-8-13(2)20(15)3/h4-10H,1-3H3,(H,19,21)/b14-10-. The smallest absolute Gasteiger partial charge is 0.266 e. The van der Waals surface area contributed by atoms with Crippen molar-refractivity contribution in [3.8, 4) is 6.07 Å². The molecule has 4 nitrogen and oxygen atoms in total. The molecule has 106 valence electrons. The second-order valence-corrected chi connectivity index (χ2v) is 4.90. The predicted octanol–water partition coefficient (Wildman–Crippen LogP) is 3.19. The number of para-hydroxylation sites is 1. The van der Waals surface area contributed by atoms with Crippen LogP contribution in [0.25, 0.3) is 6.08 Å². The Balaban J connectivity index is 2.26. The molecule has 2 aromatic rings. The number of anilines is 1. The molecule has 0 saturated heterocycles. The van der Waals surface area contributed by atoms with Crippen LogP contribution < -0.4 is 5.32 Å². The molecule has 0 aliphatic carbocycles. The molecule has 21 heavy (non-hydrogen) atoms. The van der Waals surface area contributed by atoms with Gasteiger partial charge in [0.1, 0.15) is 11.6 Å². The summed E-state index contributed by atoms with van der Waals surface area (Å²) in [6.07, 6.45) is 1.60. The number of carbonyl (C=O) groups is 1. The Morgan fingerprint density at radius 1 is 1.24 bits per heavy atom. The largest absolute Gasteiger partial charge is 0.348 e. The van der Waals surface area contributed by atoms with E-state index < -0.39 is 5.91 Å². The Labute approximate surface area is 124 Å². The third-order valence-corrected chi connectivity index (χ3v) is 3.46. The van der Waals surface area contributed by atoms with Crippen molar-refractivity contribution in [2.45, 2.75) is 13.8 Å². The van der Waals surface area contributed by atoms with E-state index in [1.54, 1.807) is 6.08 Å². The Kier molecular flexibility index (Phi) is 4.24. The van der Waals surface area contributed by atoms with Gasteiger partial charge in [0.05, 0.1) is 0 Å². The molecule has 1 aromatic carbocycles. The first-order chi connectivity index (χ1) is 10.0. The molecule has 0 saturated carbocycles. The van der Waals surface area contributed by atoms with E-state index in [4.69, 9.17) is 0 Å². The molecule has 1 N–H and O–H groups in total. The molecule has 0 spiro atoms. The Morgan fingerprint density at radius 2 is 1.95 bits per heavy atom. The van der Waals surface area contributed by atoms with Crippen molar-refractivity contribution in [1.82, 2.24) is 4.57 Å². The van der Waals surface area contributed by atoms with Crippen molar-refractivity contribution < 1.29 is 4.79 Å². The average molecular weight is 279 g/mol. The lowest BCUT2D eigenvalue weighted by Gasteiger charge is -2.07. The number of benzene rings is 1. The zero-order chi connectivity index (χ0) is 15.4. The first-order valence-corrected chi connectivity index (χ1v) is 6.64. The molecule has 1 heterocycles. The molecule has 0 radical (unpaired) electrons. The van der Waals surface area contributed by atoms with Gasteiger partial charge in [-0.3, -0.25) is 4.79 Å². The Morgan fingerprint density at radius 3 is 2.52 bits per heavy atom. The van der Waals surface area contributed by atoms with E-state index >= 15 is 0 Å². The first kappa shape index (κ1) is 14.6. The normalized spacial score (nSPS) is 11.0. The number of amides is 1. The minimum Gasteiger partial charge on any atom is -0.348 e. The number of aromatic nitrogens is 1. The van der Waals surface area contributed by atoms with Crippen LogP contribution in [-0.2, 0) is 11.8 Å². The minimum absolute atomic E-state index is 0.0828. The van der Waals surface area contributed by atoms with Crippen LogP contribution in [0.2, 0.25) is 0 Å². The topological polar surface area (TPSA) is 57.8 Å². The molecular weight excluding hydrogens is 262 g/mol. The van der Waals surface area contributed by atoms with Crippen LogP contribution in [-0.4, -0.2) is 10.5 Å². The zero-order valence-corrected chi connectivity index (χ0v) is 12.3. The minimum atomic E-state index is -0.398. The lowest BCUT2D eigenvalue weighted by Crippen LogP contribution is -2.14. The highest BCUT2D eigenvalue weighted by Gasteiger charge is 2.11. The van der Waals surface area contributed by atoms with Crippen LogP contribution in [0.5, 0.6) is 0 Å². The van der Waals surface area contributed by atoms with Gasteiger partial charge in [-0.15, -0.1) is 0 Å². The van der Waals surface area contributed by atoms with Crippen molar-refractivity contribution in [3.05, 3.63) is 58.9 Å². The molecule has 0 atom stereocenters. The summed E-state index contributed by atoms with van der Waals surface area (Å²) in [4.78, 5) is 12.2. The summed E-state index contributed by atoms with van der Waals surface area (Å²) in [5.41, 5.74) is 3.64. The summed E-state index contributed by atoms with van der Waals surface area (Å²) < 4.78 is 1.93. The van der Waals surface area contributed by atoms with Crippen LogP contribution in [0.4, 0.5) is 5.69 Å². The van der Waals surface area contributed by atoms with Crippen LogP contribution in [0.15, 0.2) is 42.0 Å². The molecular formula is C17H17N3O. The Bertz CT molecular complexity index is 748. The predicted molar refractivity (Wildman–Crippen MR) is 83.5 cm³/mol. The average Bonchev–Trinajstić information content (AvgIpc) is 2.78. The van der Waals surface area contributed by atoms with E-state index in [0.717, 1.165) is 17.0 Å². The number of hydrogen-bond donors (Lipinski definition) is 1. The van der Waals surface area contributed by atoms with E-state index in [0.29, 0.717) is 5.69 Å². The van der Waals surface area contributed by atoms with Crippen LogP contribution in [0.3, 0.4) is 0 Å². The number of rotatable bonds is 3. The third-order valence-electron chi connectivity index (χ3n) is 3.46. The van der Waals surface area contributed by atoms with Crippen molar-refractivity contribution in [1.29, 1.82) is 5.26 Å². The number of hydrogen-bond acceptors (Lipinski definition) is 2. The second kappa shape index (κ2) is 6.10. The van der Waals surface area contributed by atoms with E-state index in [9.17, 15) is 10.1 Å². The fourth-order valence-corrected chi connectivity index (χ4v) is 1.98. The van der Waals surface area contributed by atoms with Crippen molar-refractivity contribution >= 4 is 17.7 Å². The van der Waals surface area contributed by atoms with Gasteiger partial charge in [0.2, 0.25) is 0 Å². The van der Waals surface area contributed by atoms with E-state index in [1.807, 2.05) is 67.9 Å². The maximum atomic E-state index is 12.2. The highest BCUT2D eigenvalue weighted by atomic mass is 16.1. The van der Waals surface area contributed by atoms with Crippen LogP contribution in [0, 0.1) is 25.2 Å². The number of nitrogens with zero attached hydrogens (tertiary/aromatic N) is 2. The molecule has 0 fully saturated rings. The summed E-state index contributed by atoms with van der Waals surface area (Å²) in [5, 5.41) is 12.0. The third kappa shape index (κ3) is 3.21. The van der Waals surface area contributed by atoms with E-state index in [2.05, 4.69) is 5.32 Å². The first-order valence-electron chi connectivity index (χ1n) is 6.64. The molecule has 4 heteroatoms. The molecule has 1 aromatic heterocycles. The fourth-order valence-electron chi connectivity index (χ4n) is 1.98. The molecule has 0 aliphatic heterocycles. The SMILES string of the molecule is Cc1ccccc1NC(=O)/C(C#N)=C\c1ccc(C)n1C. The number of nitriles is 1. The molecule has 0 bridgehead atoms. The van der Waals surface area contributed by atoms with Gasteiger partial charge in [-0.1, -0.05) is 18.2 Å². The monoisotopic (exact) mass is 279 g/mol. The fraction of sp³-hybridized carbons (Fsp3) is 0.176. The van der Waals surface area contributed by atoms with Gasteiger partial charge in [0, 0.05) is 24.1 Å². The van der Waals surface area contributed by atoms with Gasteiger partial charge in [-0.05, 0) is 43.7 Å². The van der Waals surface area contributed by atoms with Crippen molar-refractivity contribution in [2.75, 3.05) is 5.32 Å². The number of nitrogens with one attached hydrogen (secondary N) is 1. The maximum Gasteiger partial charge on any atom is 0.266 e.